The van der Waals surface area contributed by atoms with E-state index in [2.05, 4.69) is 0 Å². The topological polar surface area (TPSA) is 54.5 Å². The van der Waals surface area contributed by atoms with Crippen molar-refractivity contribution >= 4 is 15.8 Å². The molecule has 0 aromatic heterocycles. The Labute approximate surface area is 110 Å². The van der Waals surface area contributed by atoms with Crippen LogP contribution in [0.2, 0.25) is 0 Å². The normalized spacial score (nSPS) is 28.5. The first kappa shape index (κ1) is 14.0. The van der Waals surface area contributed by atoms with Crippen molar-refractivity contribution in [2.45, 2.75) is 44.9 Å². The predicted octanol–water partition coefficient (Wildman–Crippen LogP) is 1.81. The van der Waals surface area contributed by atoms with Crippen molar-refractivity contribution in [1.82, 2.24) is 4.31 Å². The van der Waals surface area contributed by atoms with Crippen LogP contribution >= 0.6 is 0 Å². The second-order valence-electron chi connectivity index (χ2n) is 5.85. The molecule has 2 aliphatic rings. The van der Waals surface area contributed by atoms with Crippen LogP contribution in [-0.4, -0.2) is 37.9 Å². The van der Waals surface area contributed by atoms with Crippen LogP contribution in [0, 0.1) is 11.8 Å². The van der Waals surface area contributed by atoms with Crippen LogP contribution in [0.25, 0.3) is 0 Å². The van der Waals surface area contributed by atoms with Gasteiger partial charge in [0.05, 0.1) is 6.26 Å². The molecule has 1 saturated heterocycles. The average Bonchev–Trinajstić information content (AvgIpc) is 2.31. The first-order valence-electron chi connectivity index (χ1n) is 6.92. The molecule has 0 amide bonds. The van der Waals surface area contributed by atoms with Gasteiger partial charge in [-0.2, -0.15) is 0 Å². The summed E-state index contributed by atoms with van der Waals surface area (Å²) in [6.07, 6.45) is 7.98. The lowest BCUT2D eigenvalue weighted by Crippen LogP contribution is -2.39. The van der Waals surface area contributed by atoms with Crippen molar-refractivity contribution in [2.24, 2.45) is 11.8 Å². The number of ketones is 1. The number of sulfonamides is 1. The number of hydrogen-bond acceptors (Lipinski definition) is 3. The lowest BCUT2D eigenvalue weighted by molar-refractivity contribution is -0.121. The molecule has 2 fully saturated rings. The summed E-state index contributed by atoms with van der Waals surface area (Å²) in [5.41, 5.74) is 0. The van der Waals surface area contributed by atoms with Gasteiger partial charge in [-0.15, -0.1) is 0 Å². The molecule has 0 bridgehead atoms. The number of hydrogen-bond donors (Lipinski definition) is 0. The van der Waals surface area contributed by atoms with E-state index < -0.39 is 10.0 Å². The van der Waals surface area contributed by atoms with E-state index in [4.69, 9.17) is 0 Å². The molecule has 4 nitrogen and oxygen atoms in total. The molecule has 1 aliphatic heterocycles. The van der Waals surface area contributed by atoms with Crippen LogP contribution in [-0.2, 0) is 14.8 Å². The summed E-state index contributed by atoms with van der Waals surface area (Å²) in [6.45, 7) is 1.36. The third kappa shape index (κ3) is 3.79. The van der Waals surface area contributed by atoms with Gasteiger partial charge in [0.25, 0.3) is 0 Å². The Kier molecular flexibility index (Phi) is 4.43. The first-order chi connectivity index (χ1) is 8.45. The van der Waals surface area contributed by atoms with Crippen molar-refractivity contribution in [3.05, 3.63) is 0 Å². The van der Waals surface area contributed by atoms with Gasteiger partial charge in [0, 0.05) is 25.9 Å². The maximum atomic E-state index is 11.5. The quantitative estimate of drug-likeness (QED) is 0.788. The molecule has 104 valence electrons. The molecule has 18 heavy (non-hydrogen) atoms. The van der Waals surface area contributed by atoms with Gasteiger partial charge in [-0.1, -0.05) is 0 Å². The van der Waals surface area contributed by atoms with Crippen molar-refractivity contribution in [3.63, 3.8) is 0 Å². The zero-order valence-electron chi connectivity index (χ0n) is 11.1. The minimum atomic E-state index is -3.03. The third-order valence-corrected chi connectivity index (χ3v) is 5.55. The predicted molar refractivity (Wildman–Crippen MR) is 70.7 cm³/mol. The Morgan fingerprint density at radius 3 is 2.44 bits per heavy atom. The number of rotatable bonds is 3. The van der Waals surface area contributed by atoms with E-state index in [9.17, 15) is 13.2 Å². The SMILES string of the molecule is CS(=O)(=O)N1CCCC(CC2CCC(=O)CC2)C1. The van der Waals surface area contributed by atoms with E-state index >= 15 is 0 Å². The fourth-order valence-electron chi connectivity index (χ4n) is 3.23. The number of carbonyl (C=O) groups is 1. The number of carbonyl (C=O) groups excluding carboxylic acids is 1. The smallest absolute Gasteiger partial charge is 0.211 e. The van der Waals surface area contributed by atoms with E-state index in [1.807, 2.05) is 0 Å². The summed E-state index contributed by atoms with van der Waals surface area (Å²) < 4.78 is 24.7. The Hall–Kier alpha value is -0.420. The van der Waals surface area contributed by atoms with Crippen LogP contribution in [0.1, 0.15) is 44.9 Å². The summed E-state index contributed by atoms with van der Waals surface area (Å²) in [5, 5.41) is 0. The van der Waals surface area contributed by atoms with E-state index in [0.29, 0.717) is 30.7 Å². The third-order valence-electron chi connectivity index (χ3n) is 4.28. The summed E-state index contributed by atoms with van der Waals surface area (Å²) >= 11 is 0. The van der Waals surface area contributed by atoms with Gasteiger partial charge in [-0.3, -0.25) is 4.79 Å². The molecular formula is C13H23NO3S. The highest BCUT2D eigenvalue weighted by Gasteiger charge is 2.28. The van der Waals surface area contributed by atoms with Crippen LogP contribution in [0.5, 0.6) is 0 Å². The minimum absolute atomic E-state index is 0.396. The maximum absolute atomic E-state index is 11.5. The second-order valence-corrected chi connectivity index (χ2v) is 7.83. The van der Waals surface area contributed by atoms with Crippen molar-refractivity contribution in [2.75, 3.05) is 19.3 Å². The van der Waals surface area contributed by atoms with Gasteiger partial charge in [-0.05, 0) is 43.9 Å². The summed E-state index contributed by atoms with van der Waals surface area (Å²) in [4.78, 5) is 11.2. The Morgan fingerprint density at radius 1 is 1.17 bits per heavy atom. The second kappa shape index (κ2) is 5.70. The lowest BCUT2D eigenvalue weighted by Gasteiger charge is -2.33. The minimum Gasteiger partial charge on any atom is -0.300 e. The lowest BCUT2D eigenvalue weighted by atomic mass is 9.80. The number of piperidine rings is 1. The van der Waals surface area contributed by atoms with E-state index in [1.54, 1.807) is 4.31 Å². The zero-order chi connectivity index (χ0) is 13.2. The molecule has 1 atom stereocenters. The molecule has 1 saturated carbocycles. The molecular weight excluding hydrogens is 250 g/mol. The van der Waals surface area contributed by atoms with Crippen LogP contribution < -0.4 is 0 Å². The highest BCUT2D eigenvalue weighted by Crippen LogP contribution is 2.31. The molecule has 0 spiro atoms. The average molecular weight is 273 g/mol. The highest BCUT2D eigenvalue weighted by molar-refractivity contribution is 7.88. The molecule has 0 radical (unpaired) electrons. The Bertz CT molecular complexity index is 394. The van der Waals surface area contributed by atoms with E-state index in [-0.39, 0.29) is 0 Å². The largest absolute Gasteiger partial charge is 0.300 e. The monoisotopic (exact) mass is 273 g/mol. The van der Waals surface area contributed by atoms with Gasteiger partial charge >= 0.3 is 0 Å². The first-order valence-corrected chi connectivity index (χ1v) is 8.77. The Morgan fingerprint density at radius 2 is 1.83 bits per heavy atom. The number of nitrogens with zero attached hydrogens (tertiary/aromatic N) is 1. The van der Waals surface area contributed by atoms with Gasteiger partial charge in [0.1, 0.15) is 5.78 Å². The van der Waals surface area contributed by atoms with Crippen molar-refractivity contribution < 1.29 is 13.2 Å². The maximum Gasteiger partial charge on any atom is 0.211 e. The van der Waals surface area contributed by atoms with Crippen molar-refractivity contribution in [3.8, 4) is 0 Å². The molecule has 0 aromatic rings. The van der Waals surface area contributed by atoms with Crippen LogP contribution in [0.3, 0.4) is 0 Å². The molecule has 1 unspecified atom stereocenters. The zero-order valence-corrected chi connectivity index (χ0v) is 11.9. The van der Waals surface area contributed by atoms with Gasteiger partial charge in [-0.25, -0.2) is 12.7 Å². The summed E-state index contributed by atoms with van der Waals surface area (Å²) in [6, 6.07) is 0. The fraction of sp³-hybridized carbons (Fsp3) is 0.923. The van der Waals surface area contributed by atoms with Gasteiger partial charge in [0.2, 0.25) is 10.0 Å². The molecule has 1 heterocycles. The summed E-state index contributed by atoms with van der Waals surface area (Å²) in [5.74, 6) is 1.52. The standard InChI is InChI=1S/C13H23NO3S/c1-18(16,17)14-8-2-3-12(10-14)9-11-4-6-13(15)7-5-11/h11-12H,2-10H2,1H3. The Balaban J connectivity index is 1.84. The molecule has 5 heteroatoms. The van der Waals surface area contributed by atoms with Crippen molar-refractivity contribution in [1.29, 1.82) is 0 Å². The van der Waals surface area contributed by atoms with Gasteiger partial charge in [0.15, 0.2) is 0 Å². The summed E-state index contributed by atoms with van der Waals surface area (Å²) in [7, 11) is -3.03. The fourth-order valence-corrected chi connectivity index (χ4v) is 4.17. The number of Topliss-reactive ketones (excluding diaryl/α,β-unsaturated/α-hetero) is 1. The highest BCUT2D eigenvalue weighted by atomic mass is 32.2. The molecule has 0 aromatic carbocycles. The van der Waals surface area contributed by atoms with Crippen LogP contribution in [0.4, 0.5) is 0 Å². The molecule has 1 aliphatic carbocycles. The molecule has 2 rings (SSSR count). The van der Waals surface area contributed by atoms with Crippen LogP contribution in [0.15, 0.2) is 0 Å². The van der Waals surface area contributed by atoms with E-state index in [1.165, 1.54) is 6.26 Å². The molecule has 0 N–H and O–H groups in total. The van der Waals surface area contributed by atoms with Gasteiger partial charge < -0.3 is 0 Å². The van der Waals surface area contributed by atoms with E-state index in [0.717, 1.165) is 44.9 Å².